The van der Waals surface area contributed by atoms with Crippen molar-refractivity contribution in [3.8, 4) is 23.3 Å². The van der Waals surface area contributed by atoms with Crippen LogP contribution in [0.2, 0.25) is 0 Å². The zero-order chi connectivity index (χ0) is 16.9. The van der Waals surface area contributed by atoms with E-state index in [-0.39, 0.29) is 11.7 Å². The van der Waals surface area contributed by atoms with Gasteiger partial charge < -0.3 is 14.5 Å². The molecule has 5 heteroatoms. The third kappa shape index (κ3) is 3.23. The van der Waals surface area contributed by atoms with Crippen molar-refractivity contribution >= 4 is 5.88 Å². The van der Waals surface area contributed by atoms with Gasteiger partial charge in [-0.1, -0.05) is 30.3 Å². The summed E-state index contributed by atoms with van der Waals surface area (Å²) < 4.78 is 10.9. The number of anilines is 1. The molecule has 0 radical (unpaired) electrons. The number of hydrogen-bond donors (Lipinski definition) is 1. The Bertz CT molecular complexity index is 849. The lowest BCUT2D eigenvalue weighted by atomic mass is 10.1. The third-order valence-corrected chi connectivity index (χ3v) is 3.72. The summed E-state index contributed by atoms with van der Waals surface area (Å²) in [6.45, 7) is 2.01. The minimum absolute atomic E-state index is 0.00466. The lowest BCUT2D eigenvalue weighted by Gasteiger charge is -2.13. The first-order chi connectivity index (χ1) is 11.7. The van der Waals surface area contributed by atoms with Crippen LogP contribution in [0.4, 0.5) is 5.88 Å². The molecule has 0 aliphatic heterocycles. The molecule has 1 heterocycles. The Morgan fingerprint density at radius 2 is 1.83 bits per heavy atom. The lowest BCUT2D eigenvalue weighted by Crippen LogP contribution is -2.06. The van der Waals surface area contributed by atoms with Crippen molar-refractivity contribution < 1.29 is 9.15 Å². The van der Waals surface area contributed by atoms with Crippen molar-refractivity contribution in [3.05, 3.63) is 65.9 Å². The molecule has 1 aromatic heterocycles. The van der Waals surface area contributed by atoms with Crippen molar-refractivity contribution in [3.63, 3.8) is 0 Å². The van der Waals surface area contributed by atoms with Crippen molar-refractivity contribution in [2.75, 3.05) is 12.4 Å². The molecule has 2 aromatic carbocycles. The van der Waals surface area contributed by atoms with Crippen LogP contribution in [0, 0.1) is 11.3 Å². The van der Waals surface area contributed by atoms with E-state index in [4.69, 9.17) is 9.15 Å². The second-order valence-corrected chi connectivity index (χ2v) is 5.31. The molecule has 0 amide bonds. The Kier molecular flexibility index (Phi) is 4.48. The van der Waals surface area contributed by atoms with E-state index < -0.39 is 0 Å². The van der Waals surface area contributed by atoms with E-state index in [1.165, 1.54) is 0 Å². The highest BCUT2D eigenvalue weighted by atomic mass is 16.5. The van der Waals surface area contributed by atoms with Gasteiger partial charge in [-0.3, -0.25) is 0 Å². The summed E-state index contributed by atoms with van der Waals surface area (Å²) in [6, 6.07) is 19.4. The maximum atomic E-state index is 9.31. The molecule has 24 heavy (non-hydrogen) atoms. The summed E-state index contributed by atoms with van der Waals surface area (Å²) >= 11 is 0. The summed E-state index contributed by atoms with van der Waals surface area (Å²) in [5.41, 5.74) is 2.13. The normalized spacial score (nSPS) is 11.5. The van der Waals surface area contributed by atoms with Gasteiger partial charge in [-0.2, -0.15) is 10.2 Å². The molecule has 0 saturated carbocycles. The van der Waals surface area contributed by atoms with E-state index in [2.05, 4.69) is 16.4 Å². The first-order valence-electron chi connectivity index (χ1n) is 7.58. The molecule has 3 rings (SSSR count). The number of methoxy groups -OCH3 is 1. The molecule has 0 aliphatic rings. The number of nitrogens with one attached hydrogen (secondary N) is 1. The van der Waals surface area contributed by atoms with Gasteiger partial charge >= 0.3 is 0 Å². The SMILES string of the molecule is COc1ccc(-c2nc(C#N)c(N[C@H](C)c3ccccc3)o2)cc1. The second-order valence-electron chi connectivity index (χ2n) is 5.31. The molecule has 120 valence electrons. The molecule has 1 atom stereocenters. The smallest absolute Gasteiger partial charge is 0.233 e. The van der Waals surface area contributed by atoms with E-state index in [0.717, 1.165) is 16.9 Å². The molecule has 5 nitrogen and oxygen atoms in total. The van der Waals surface area contributed by atoms with Gasteiger partial charge in [0.2, 0.25) is 17.5 Å². The second kappa shape index (κ2) is 6.88. The fraction of sp³-hybridized carbons (Fsp3) is 0.158. The average Bonchev–Trinajstić information content (AvgIpc) is 3.05. The van der Waals surface area contributed by atoms with Crippen LogP contribution in [0.5, 0.6) is 5.75 Å². The highest BCUT2D eigenvalue weighted by Gasteiger charge is 2.17. The maximum absolute atomic E-state index is 9.31. The zero-order valence-electron chi connectivity index (χ0n) is 13.5. The van der Waals surface area contributed by atoms with Crippen LogP contribution in [0.15, 0.2) is 59.0 Å². The molecule has 0 aliphatic carbocycles. The maximum Gasteiger partial charge on any atom is 0.233 e. The summed E-state index contributed by atoms with van der Waals surface area (Å²) in [6.07, 6.45) is 0. The molecule has 0 bridgehead atoms. The van der Waals surface area contributed by atoms with Crippen molar-refractivity contribution in [1.29, 1.82) is 5.26 Å². The molecule has 0 spiro atoms. The number of nitrogens with zero attached hydrogens (tertiary/aromatic N) is 2. The topological polar surface area (TPSA) is 71.1 Å². The summed E-state index contributed by atoms with van der Waals surface area (Å²) in [5, 5.41) is 12.5. The number of oxazole rings is 1. The predicted octanol–water partition coefficient (Wildman–Crippen LogP) is 4.39. The third-order valence-electron chi connectivity index (χ3n) is 3.72. The van der Waals surface area contributed by atoms with Gasteiger partial charge in [0.05, 0.1) is 13.2 Å². The van der Waals surface area contributed by atoms with E-state index in [1.54, 1.807) is 7.11 Å². The Morgan fingerprint density at radius 3 is 2.46 bits per heavy atom. The van der Waals surface area contributed by atoms with Crippen LogP contribution < -0.4 is 10.1 Å². The average molecular weight is 319 g/mol. The minimum atomic E-state index is -0.00466. The summed E-state index contributed by atoms with van der Waals surface area (Å²) in [7, 11) is 1.61. The van der Waals surface area contributed by atoms with Gasteiger partial charge in [-0.25, -0.2) is 0 Å². The number of aromatic nitrogens is 1. The largest absolute Gasteiger partial charge is 0.497 e. The summed E-state index contributed by atoms with van der Waals surface area (Å²) in [5.74, 6) is 1.53. The van der Waals surface area contributed by atoms with Gasteiger partial charge in [0.25, 0.3) is 0 Å². The quantitative estimate of drug-likeness (QED) is 0.755. The predicted molar refractivity (Wildman–Crippen MR) is 91.7 cm³/mol. The molecule has 0 saturated heterocycles. The first-order valence-corrected chi connectivity index (χ1v) is 7.58. The number of benzene rings is 2. The van der Waals surface area contributed by atoms with Crippen molar-refractivity contribution in [2.24, 2.45) is 0 Å². The number of nitriles is 1. The van der Waals surface area contributed by atoms with Crippen LogP contribution in [0.3, 0.4) is 0 Å². The summed E-state index contributed by atoms with van der Waals surface area (Å²) in [4.78, 5) is 4.27. The standard InChI is InChI=1S/C19H17N3O2/c1-13(14-6-4-3-5-7-14)21-19-17(12-20)22-18(24-19)15-8-10-16(23-2)11-9-15/h3-11,13,21H,1-2H3/t13-/m1/s1. The molecule has 0 fully saturated rings. The first kappa shape index (κ1) is 15.6. The Balaban J connectivity index is 1.86. The van der Waals surface area contributed by atoms with Crippen LogP contribution in [0.1, 0.15) is 24.2 Å². The van der Waals surface area contributed by atoms with Crippen LogP contribution in [-0.4, -0.2) is 12.1 Å². The van der Waals surface area contributed by atoms with Crippen LogP contribution in [0.25, 0.3) is 11.5 Å². The van der Waals surface area contributed by atoms with Gasteiger partial charge in [0, 0.05) is 5.56 Å². The minimum Gasteiger partial charge on any atom is -0.497 e. The van der Waals surface area contributed by atoms with Crippen molar-refractivity contribution in [1.82, 2.24) is 4.98 Å². The number of hydrogen-bond acceptors (Lipinski definition) is 5. The molecule has 0 unspecified atom stereocenters. The van der Waals surface area contributed by atoms with Gasteiger partial charge in [0.15, 0.2) is 0 Å². The Hall–Kier alpha value is -3.26. The molecule has 1 N–H and O–H groups in total. The van der Waals surface area contributed by atoms with Crippen LogP contribution in [-0.2, 0) is 0 Å². The van der Waals surface area contributed by atoms with E-state index in [0.29, 0.717) is 11.8 Å². The fourth-order valence-electron chi connectivity index (χ4n) is 2.37. The monoisotopic (exact) mass is 319 g/mol. The Labute approximate surface area is 140 Å². The Morgan fingerprint density at radius 1 is 1.12 bits per heavy atom. The highest BCUT2D eigenvalue weighted by Crippen LogP contribution is 2.29. The highest BCUT2D eigenvalue weighted by molar-refractivity contribution is 5.60. The molecular formula is C19H17N3O2. The van der Waals surface area contributed by atoms with Gasteiger partial charge in [-0.15, -0.1) is 0 Å². The van der Waals surface area contributed by atoms with E-state index in [1.807, 2.05) is 61.5 Å². The molecule has 3 aromatic rings. The molecular weight excluding hydrogens is 302 g/mol. The van der Waals surface area contributed by atoms with E-state index in [9.17, 15) is 5.26 Å². The number of rotatable bonds is 5. The zero-order valence-corrected chi connectivity index (χ0v) is 13.5. The van der Waals surface area contributed by atoms with Gasteiger partial charge in [0.1, 0.15) is 11.8 Å². The fourth-order valence-corrected chi connectivity index (χ4v) is 2.37. The van der Waals surface area contributed by atoms with E-state index >= 15 is 0 Å². The number of ether oxygens (including phenoxy) is 1. The van der Waals surface area contributed by atoms with Crippen LogP contribution >= 0.6 is 0 Å². The van der Waals surface area contributed by atoms with Gasteiger partial charge in [-0.05, 0) is 36.8 Å². The van der Waals surface area contributed by atoms with Crippen molar-refractivity contribution in [2.45, 2.75) is 13.0 Å². The lowest BCUT2D eigenvalue weighted by molar-refractivity contribution is 0.415.